The molecule has 1 heterocycles. The summed E-state index contributed by atoms with van der Waals surface area (Å²) >= 11 is 0. The first-order chi connectivity index (χ1) is 7.50. The van der Waals surface area contributed by atoms with Crippen molar-refractivity contribution in [3.05, 3.63) is 22.0 Å². The predicted molar refractivity (Wildman–Crippen MR) is 49.9 cm³/mol. The van der Waals surface area contributed by atoms with E-state index in [4.69, 9.17) is 5.14 Å². The Kier molecular flexibility index (Phi) is 3.21. The monoisotopic (exact) mass is 272 g/mol. The fraction of sp³-hybridized carbons (Fsp3) is 0.286. The van der Waals surface area contributed by atoms with Crippen molar-refractivity contribution in [3.63, 3.8) is 0 Å². The molecule has 0 aliphatic carbocycles. The van der Waals surface area contributed by atoms with E-state index < -0.39 is 32.7 Å². The van der Waals surface area contributed by atoms with Crippen LogP contribution in [0.4, 0.5) is 13.2 Å². The normalized spacial score (nSPS) is 12.5. The summed E-state index contributed by atoms with van der Waals surface area (Å²) in [6, 6.07) is 0.717. The average molecular weight is 272 g/mol. The number of primary sulfonamides is 1. The van der Waals surface area contributed by atoms with Crippen LogP contribution in [-0.2, 0) is 10.0 Å². The Morgan fingerprint density at radius 3 is 2.29 bits per heavy atom. The van der Waals surface area contributed by atoms with Gasteiger partial charge in [0.1, 0.15) is 4.90 Å². The highest BCUT2D eigenvalue weighted by atomic mass is 32.2. The molecule has 0 fully saturated rings. The van der Waals surface area contributed by atoms with Crippen molar-refractivity contribution in [3.8, 4) is 5.88 Å². The van der Waals surface area contributed by atoms with Gasteiger partial charge in [-0.15, -0.1) is 13.2 Å². The molecule has 0 amide bonds. The van der Waals surface area contributed by atoms with Gasteiger partial charge in [-0.3, -0.25) is 9.78 Å². The average Bonchev–Trinajstić information content (AvgIpc) is 1.94. The number of H-pyrrole nitrogens is 1. The number of aromatic nitrogens is 1. The number of ether oxygens (including phenoxy) is 1. The molecule has 10 heteroatoms. The topological polar surface area (TPSA) is 102 Å². The second-order valence-corrected chi connectivity index (χ2v) is 4.57. The van der Waals surface area contributed by atoms with E-state index in [-0.39, 0.29) is 5.56 Å². The molecular weight excluding hydrogens is 265 g/mol. The summed E-state index contributed by atoms with van der Waals surface area (Å²) in [5.41, 5.74) is -1.51. The third-order valence-electron chi connectivity index (χ3n) is 1.66. The standard InChI is InChI=1S/C7H7F3N2O4S/c1-3-2-4(16-7(8,9)10)12-6(13)5(3)17(11,14)15/h2H,1H3,(H,12,13)(H2,11,14,15). The predicted octanol–water partition coefficient (Wildman–Crippen LogP) is 0.229. The van der Waals surface area contributed by atoms with Crippen molar-refractivity contribution >= 4 is 10.0 Å². The minimum Gasteiger partial charge on any atom is -0.390 e. The van der Waals surface area contributed by atoms with Crippen LogP contribution in [0.1, 0.15) is 5.56 Å². The molecule has 6 nitrogen and oxygen atoms in total. The van der Waals surface area contributed by atoms with E-state index in [9.17, 15) is 26.4 Å². The van der Waals surface area contributed by atoms with E-state index in [1.165, 1.54) is 0 Å². The van der Waals surface area contributed by atoms with Crippen LogP contribution in [0.25, 0.3) is 0 Å². The summed E-state index contributed by atoms with van der Waals surface area (Å²) in [6.45, 7) is 1.12. The molecule has 0 aliphatic heterocycles. The van der Waals surface area contributed by atoms with Crippen LogP contribution in [0.5, 0.6) is 5.88 Å². The van der Waals surface area contributed by atoms with E-state index in [0.29, 0.717) is 6.07 Å². The van der Waals surface area contributed by atoms with Crippen molar-refractivity contribution in [1.29, 1.82) is 0 Å². The Bertz CT molecular complexity index is 590. The molecule has 3 N–H and O–H groups in total. The number of pyridine rings is 1. The molecule has 0 unspecified atom stereocenters. The molecule has 96 valence electrons. The fourth-order valence-electron chi connectivity index (χ4n) is 1.18. The molecule has 0 saturated heterocycles. The first-order valence-electron chi connectivity index (χ1n) is 4.03. The van der Waals surface area contributed by atoms with Crippen molar-refractivity contribution in [2.45, 2.75) is 18.2 Å². The van der Waals surface area contributed by atoms with E-state index >= 15 is 0 Å². The largest absolute Gasteiger partial charge is 0.574 e. The van der Waals surface area contributed by atoms with E-state index in [0.717, 1.165) is 6.92 Å². The number of halogens is 3. The first kappa shape index (κ1) is 13.5. The van der Waals surface area contributed by atoms with Crippen molar-refractivity contribution in [2.75, 3.05) is 0 Å². The van der Waals surface area contributed by atoms with Gasteiger partial charge in [-0.25, -0.2) is 13.6 Å². The van der Waals surface area contributed by atoms with E-state index in [1.54, 1.807) is 4.98 Å². The number of nitrogens with one attached hydrogen (secondary N) is 1. The number of hydrogen-bond donors (Lipinski definition) is 2. The first-order valence-corrected chi connectivity index (χ1v) is 5.58. The van der Waals surface area contributed by atoms with Crippen molar-refractivity contribution in [1.82, 2.24) is 4.98 Å². The highest BCUT2D eigenvalue weighted by Gasteiger charge is 2.32. The number of sulfonamides is 1. The van der Waals surface area contributed by atoms with Crippen LogP contribution >= 0.6 is 0 Å². The van der Waals surface area contributed by atoms with Crippen LogP contribution in [0, 0.1) is 6.92 Å². The van der Waals surface area contributed by atoms with Crippen LogP contribution in [0.2, 0.25) is 0 Å². The molecule has 1 rings (SSSR count). The smallest absolute Gasteiger partial charge is 0.390 e. The molecule has 1 aromatic heterocycles. The Morgan fingerprint density at radius 2 is 1.94 bits per heavy atom. The second kappa shape index (κ2) is 4.04. The van der Waals surface area contributed by atoms with Crippen LogP contribution in [0.3, 0.4) is 0 Å². The highest BCUT2D eigenvalue weighted by Crippen LogP contribution is 2.21. The third kappa shape index (κ3) is 3.46. The van der Waals surface area contributed by atoms with Gasteiger partial charge in [0, 0.05) is 6.07 Å². The molecule has 0 aliphatic rings. The van der Waals surface area contributed by atoms with Gasteiger partial charge in [0.2, 0.25) is 15.9 Å². The molecule has 0 atom stereocenters. The minimum atomic E-state index is -4.99. The highest BCUT2D eigenvalue weighted by molar-refractivity contribution is 7.89. The number of nitrogens with two attached hydrogens (primary N) is 1. The number of rotatable bonds is 2. The van der Waals surface area contributed by atoms with Gasteiger partial charge in [-0.2, -0.15) is 0 Å². The Labute approximate surface area is 93.3 Å². The molecule has 0 aromatic carbocycles. The minimum absolute atomic E-state index is 0.240. The zero-order valence-electron chi connectivity index (χ0n) is 8.33. The zero-order chi connectivity index (χ0) is 13.4. The van der Waals surface area contributed by atoms with Gasteiger partial charge in [0.05, 0.1) is 0 Å². The molecular formula is C7H7F3N2O4S. The summed E-state index contributed by atoms with van der Waals surface area (Å²) in [4.78, 5) is 12.1. The zero-order valence-corrected chi connectivity index (χ0v) is 9.15. The Hall–Kier alpha value is -1.55. The Morgan fingerprint density at radius 1 is 1.41 bits per heavy atom. The molecule has 17 heavy (non-hydrogen) atoms. The van der Waals surface area contributed by atoms with E-state index in [1.807, 2.05) is 0 Å². The van der Waals surface area contributed by atoms with Crippen LogP contribution in [-0.4, -0.2) is 19.8 Å². The van der Waals surface area contributed by atoms with Gasteiger partial charge in [0.15, 0.2) is 0 Å². The fourth-order valence-corrected chi connectivity index (χ4v) is 2.00. The Balaban J connectivity index is 3.35. The summed E-state index contributed by atoms with van der Waals surface area (Å²) < 4.78 is 60.9. The lowest BCUT2D eigenvalue weighted by Crippen LogP contribution is -2.26. The molecule has 0 radical (unpaired) electrons. The van der Waals surface area contributed by atoms with Gasteiger partial charge < -0.3 is 4.74 Å². The van der Waals surface area contributed by atoms with Crippen LogP contribution < -0.4 is 15.4 Å². The number of hydrogen-bond acceptors (Lipinski definition) is 4. The maximum absolute atomic E-state index is 11.9. The summed E-state index contributed by atoms with van der Waals surface area (Å²) in [6.07, 6.45) is -4.99. The molecule has 0 spiro atoms. The molecule has 0 bridgehead atoms. The maximum Gasteiger partial charge on any atom is 0.574 e. The SMILES string of the molecule is Cc1cc(OC(F)(F)F)[nH]c(=O)c1S(N)(=O)=O. The lowest BCUT2D eigenvalue weighted by Gasteiger charge is -2.10. The third-order valence-corrected chi connectivity index (χ3v) is 2.74. The lowest BCUT2D eigenvalue weighted by atomic mass is 10.3. The second-order valence-electron chi connectivity index (χ2n) is 3.07. The van der Waals surface area contributed by atoms with Gasteiger partial charge in [-0.05, 0) is 12.5 Å². The van der Waals surface area contributed by atoms with Crippen LogP contribution in [0.15, 0.2) is 15.8 Å². The number of alkyl halides is 3. The number of aryl methyl sites for hydroxylation is 1. The number of aromatic amines is 1. The maximum atomic E-state index is 11.9. The summed E-state index contributed by atoms with van der Waals surface area (Å²) in [7, 11) is -4.31. The van der Waals surface area contributed by atoms with Gasteiger partial charge >= 0.3 is 6.36 Å². The summed E-state index contributed by atoms with van der Waals surface area (Å²) in [5, 5.41) is 4.72. The van der Waals surface area contributed by atoms with Crippen molar-refractivity contribution in [2.24, 2.45) is 5.14 Å². The van der Waals surface area contributed by atoms with Gasteiger partial charge in [-0.1, -0.05) is 0 Å². The molecule has 0 saturated carbocycles. The quantitative estimate of drug-likeness (QED) is 0.804. The van der Waals surface area contributed by atoms with E-state index in [2.05, 4.69) is 4.74 Å². The van der Waals surface area contributed by atoms with Gasteiger partial charge in [0.25, 0.3) is 5.56 Å². The van der Waals surface area contributed by atoms with Crippen molar-refractivity contribution < 1.29 is 26.3 Å². The summed E-state index contributed by atoms with van der Waals surface area (Å²) in [5.74, 6) is -0.910. The molecule has 1 aromatic rings. The lowest BCUT2D eigenvalue weighted by molar-refractivity contribution is -0.276.